The number of hydrogen-bond donors (Lipinski definition) is 3. The minimum Gasteiger partial charge on any atom is -0.396 e. The Balaban J connectivity index is 2.81. The summed E-state index contributed by atoms with van der Waals surface area (Å²) in [7, 11) is 0. The van der Waals surface area contributed by atoms with Crippen molar-refractivity contribution < 1.29 is 15.3 Å². The highest BCUT2D eigenvalue weighted by Gasteiger charge is 2.18. The Labute approximate surface area is 93.9 Å². The van der Waals surface area contributed by atoms with Crippen LogP contribution in [0.3, 0.4) is 0 Å². The molecule has 3 N–H and O–H groups in total. The second-order valence-corrected chi connectivity index (χ2v) is 3.94. The van der Waals surface area contributed by atoms with Crippen molar-refractivity contribution in [3.8, 4) is 0 Å². The van der Waals surface area contributed by atoms with Crippen molar-refractivity contribution in [2.24, 2.45) is 0 Å². The minimum absolute atomic E-state index is 0.145. The van der Waals surface area contributed by atoms with Gasteiger partial charge < -0.3 is 15.3 Å². The van der Waals surface area contributed by atoms with Crippen molar-refractivity contribution >= 4 is 11.6 Å². The molecule has 2 atom stereocenters. The highest BCUT2D eigenvalue weighted by atomic mass is 35.5. The van der Waals surface area contributed by atoms with E-state index in [1.165, 1.54) is 0 Å². The Morgan fingerprint density at radius 3 is 2.53 bits per heavy atom. The molecule has 15 heavy (non-hydrogen) atoms. The van der Waals surface area contributed by atoms with Crippen LogP contribution in [-0.4, -0.2) is 28.0 Å². The molecule has 1 rings (SSSR count). The summed E-state index contributed by atoms with van der Waals surface area (Å²) in [5.41, 5.74) is 1.48. The fourth-order valence-corrected chi connectivity index (χ4v) is 1.49. The monoisotopic (exact) mass is 230 g/mol. The van der Waals surface area contributed by atoms with Crippen molar-refractivity contribution in [1.82, 2.24) is 0 Å². The van der Waals surface area contributed by atoms with E-state index in [2.05, 4.69) is 0 Å². The number of rotatable bonds is 4. The molecule has 0 saturated carbocycles. The van der Waals surface area contributed by atoms with Crippen molar-refractivity contribution in [1.29, 1.82) is 0 Å². The molecule has 0 heterocycles. The van der Waals surface area contributed by atoms with Gasteiger partial charge in [-0.15, -0.1) is 0 Å². The number of halogens is 1. The van der Waals surface area contributed by atoms with Crippen LogP contribution in [0.5, 0.6) is 0 Å². The summed E-state index contributed by atoms with van der Waals surface area (Å²) in [5, 5.41) is 28.4. The molecule has 0 aromatic heterocycles. The van der Waals surface area contributed by atoms with Gasteiger partial charge in [0.1, 0.15) is 6.10 Å². The molecule has 0 spiro atoms. The molecule has 2 unspecified atom stereocenters. The normalized spacial score (nSPS) is 15.0. The van der Waals surface area contributed by atoms with E-state index in [4.69, 9.17) is 16.7 Å². The van der Waals surface area contributed by atoms with Gasteiger partial charge in [-0.2, -0.15) is 0 Å². The van der Waals surface area contributed by atoms with Gasteiger partial charge in [0, 0.05) is 11.6 Å². The molecule has 0 fully saturated rings. The van der Waals surface area contributed by atoms with Crippen LogP contribution in [0, 0.1) is 6.92 Å². The van der Waals surface area contributed by atoms with Crippen LogP contribution in [0.4, 0.5) is 0 Å². The zero-order chi connectivity index (χ0) is 11.4. The largest absolute Gasteiger partial charge is 0.396 e. The van der Waals surface area contributed by atoms with Gasteiger partial charge in [0.15, 0.2) is 0 Å². The molecule has 0 aliphatic rings. The highest BCUT2D eigenvalue weighted by Crippen LogP contribution is 2.24. The first-order valence-corrected chi connectivity index (χ1v) is 5.17. The third-order valence-corrected chi connectivity index (χ3v) is 2.73. The van der Waals surface area contributed by atoms with Crippen molar-refractivity contribution in [2.75, 3.05) is 6.61 Å². The summed E-state index contributed by atoms with van der Waals surface area (Å²) in [6.07, 6.45) is -1.82. The van der Waals surface area contributed by atoms with Crippen LogP contribution in [-0.2, 0) is 0 Å². The Bertz CT molecular complexity index is 328. The SMILES string of the molecule is Cc1ccc(C(O)C(O)CCO)cc1Cl. The second kappa shape index (κ2) is 5.47. The van der Waals surface area contributed by atoms with Crippen molar-refractivity contribution in [3.05, 3.63) is 34.3 Å². The van der Waals surface area contributed by atoms with Gasteiger partial charge in [0.05, 0.1) is 6.10 Å². The zero-order valence-electron chi connectivity index (χ0n) is 8.52. The van der Waals surface area contributed by atoms with E-state index in [9.17, 15) is 10.2 Å². The van der Waals surface area contributed by atoms with Crippen molar-refractivity contribution in [3.63, 3.8) is 0 Å². The molecule has 0 aliphatic carbocycles. The van der Waals surface area contributed by atoms with E-state index < -0.39 is 12.2 Å². The molecule has 0 radical (unpaired) electrons. The van der Waals surface area contributed by atoms with Crippen molar-refractivity contribution in [2.45, 2.75) is 25.6 Å². The van der Waals surface area contributed by atoms with Gasteiger partial charge in [-0.25, -0.2) is 0 Å². The van der Waals surface area contributed by atoms with E-state index in [-0.39, 0.29) is 13.0 Å². The Morgan fingerprint density at radius 2 is 2.00 bits per heavy atom. The first-order chi connectivity index (χ1) is 7.06. The molecule has 0 bridgehead atoms. The average Bonchev–Trinajstić information content (AvgIpc) is 2.21. The molecule has 0 aliphatic heterocycles. The van der Waals surface area contributed by atoms with E-state index in [0.29, 0.717) is 10.6 Å². The summed E-state index contributed by atoms with van der Waals surface area (Å²) < 4.78 is 0. The lowest BCUT2D eigenvalue weighted by Crippen LogP contribution is -2.19. The number of aliphatic hydroxyl groups is 3. The molecule has 4 heteroatoms. The van der Waals surface area contributed by atoms with Gasteiger partial charge in [0.2, 0.25) is 0 Å². The van der Waals surface area contributed by atoms with Gasteiger partial charge in [-0.3, -0.25) is 0 Å². The molecule has 3 nitrogen and oxygen atoms in total. The number of aliphatic hydroxyl groups excluding tert-OH is 3. The lowest BCUT2D eigenvalue weighted by Gasteiger charge is -2.17. The number of benzene rings is 1. The van der Waals surface area contributed by atoms with E-state index in [1.807, 2.05) is 6.92 Å². The lowest BCUT2D eigenvalue weighted by molar-refractivity contribution is 0.00422. The molecular formula is C11H15ClO3. The summed E-state index contributed by atoms with van der Waals surface area (Å²) in [4.78, 5) is 0. The van der Waals surface area contributed by atoms with Gasteiger partial charge in [0.25, 0.3) is 0 Å². The van der Waals surface area contributed by atoms with Crippen LogP contribution in [0.15, 0.2) is 18.2 Å². The third-order valence-electron chi connectivity index (χ3n) is 2.33. The lowest BCUT2D eigenvalue weighted by atomic mass is 10.0. The van der Waals surface area contributed by atoms with E-state index in [1.54, 1.807) is 18.2 Å². The second-order valence-electron chi connectivity index (χ2n) is 3.53. The standard InChI is InChI=1S/C11H15ClO3/c1-7-2-3-8(6-9(7)12)11(15)10(14)4-5-13/h2-3,6,10-11,13-15H,4-5H2,1H3. The van der Waals surface area contributed by atoms with Crippen LogP contribution >= 0.6 is 11.6 Å². The van der Waals surface area contributed by atoms with Crippen LogP contribution in [0.1, 0.15) is 23.7 Å². The Hall–Kier alpha value is -0.610. The zero-order valence-corrected chi connectivity index (χ0v) is 9.28. The quantitative estimate of drug-likeness (QED) is 0.733. The predicted molar refractivity (Wildman–Crippen MR) is 58.9 cm³/mol. The average molecular weight is 231 g/mol. The molecule has 1 aromatic carbocycles. The summed E-state index contributed by atoms with van der Waals surface area (Å²) >= 11 is 5.90. The van der Waals surface area contributed by atoms with E-state index >= 15 is 0 Å². The number of hydrogen-bond acceptors (Lipinski definition) is 3. The minimum atomic E-state index is -1.00. The van der Waals surface area contributed by atoms with Gasteiger partial charge >= 0.3 is 0 Å². The molecule has 0 amide bonds. The highest BCUT2D eigenvalue weighted by molar-refractivity contribution is 6.31. The maximum atomic E-state index is 9.72. The first-order valence-electron chi connectivity index (χ1n) is 4.79. The predicted octanol–water partition coefficient (Wildman–Crippen LogP) is 1.43. The van der Waals surface area contributed by atoms with Gasteiger partial charge in [-0.1, -0.05) is 23.7 Å². The third kappa shape index (κ3) is 3.18. The summed E-state index contributed by atoms with van der Waals surface area (Å²) in [6.45, 7) is 1.71. The van der Waals surface area contributed by atoms with Crippen LogP contribution in [0.25, 0.3) is 0 Å². The summed E-state index contributed by atoms with van der Waals surface area (Å²) in [5.74, 6) is 0. The number of aryl methyl sites for hydroxylation is 1. The molecule has 84 valence electrons. The fraction of sp³-hybridized carbons (Fsp3) is 0.455. The fourth-order valence-electron chi connectivity index (χ4n) is 1.31. The maximum absolute atomic E-state index is 9.72. The molecular weight excluding hydrogens is 216 g/mol. The topological polar surface area (TPSA) is 60.7 Å². The first kappa shape index (κ1) is 12.5. The van der Waals surface area contributed by atoms with Crippen LogP contribution < -0.4 is 0 Å². The van der Waals surface area contributed by atoms with Gasteiger partial charge in [-0.05, 0) is 30.5 Å². The molecule has 0 saturated heterocycles. The summed E-state index contributed by atoms with van der Waals surface area (Å²) in [6, 6.07) is 5.13. The Morgan fingerprint density at radius 1 is 1.33 bits per heavy atom. The maximum Gasteiger partial charge on any atom is 0.105 e. The Kier molecular flexibility index (Phi) is 4.54. The molecule has 1 aromatic rings. The van der Waals surface area contributed by atoms with Crippen LogP contribution in [0.2, 0.25) is 5.02 Å². The van der Waals surface area contributed by atoms with E-state index in [0.717, 1.165) is 5.56 Å². The smallest absolute Gasteiger partial charge is 0.105 e.